The van der Waals surface area contributed by atoms with Gasteiger partial charge in [0.15, 0.2) is 0 Å². The minimum Gasteiger partial charge on any atom is -0.497 e. The van der Waals surface area contributed by atoms with E-state index in [0.717, 1.165) is 38.1 Å². The van der Waals surface area contributed by atoms with Crippen molar-refractivity contribution in [3.63, 3.8) is 0 Å². The Bertz CT molecular complexity index is 633. The third-order valence-corrected chi connectivity index (χ3v) is 5.56. The predicted octanol–water partition coefficient (Wildman–Crippen LogP) is 4.40. The molecule has 3 rings (SSSR count). The summed E-state index contributed by atoms with van der Waals surface area (Å²) in [7, 11) is 1.72. The predicted molar refractivity (Wildman–Crippen MR) is 108 cm³/mol. The highest BCUT2D eigenvalue weighted by molar-refractivity contribution is 5.27. The van der Waals surface area contributed by atoms with E-state index in [1.54, 1.807) is 7.11 Å². The molecule has 0 radical (unpaired) electrons. The average molecular weight is 353 g/mol. The van der Waals surface area contributed by atoms with Crippen LogP contribution in [0.25, 0.3) is 0 Å². The molecule has 1 aliphatic rings. The molecule has 0 spiro atoms. The maximum Gasteiger partial charge on any atom is 0.118 e. The van der Waals surface area contributed by atoms with Gasteiger partial charge in [0.25, 0.3) is 0 Å². The summed E-state index contributed by atoms with van der Waals surface area (Å²) < 4.78 is 5.29. The molecule has 3 nitrogen and oxygen atoms in total. The van der Waals surface area contributed by atoms with E-state index in [2.05, 4.69) is 59.5 Å². The topological polar surface area (TPSA) is 38.5 Å². The molecule has 0 unspecified atom stereocenters. The Kier molecular flexibility index (Phi) is 7.10. The number of ether oxygens (including phenoxy) is 1. The second-order valence-electron chi connectivity index (χ2n) is 7.48. The first-order valence-corrected chi connectivity index (χ1v) is 9.91. The molecule has 3 heteroatoms. The molecule has 26 heavy (non-hydrogen) atoms. The van der Waals surface area contributed by atoms with E-state index in [1.807, 2.05) is 0 Å². The summed E-state index contributed by atoms with van der Waals surface area (Å²) in [4.78, 5) is 2.68. The number of methoxy groups -OCH3 is 1. The molecule has 0 saturated heterocycles. The van der Waals surface area contributed by atoms with Crippen molar-refractivity contribution in [2.45, 2.75) is 57.2 Å². The standard InChI is InChI=1S/C23H32N2O/c1-26-23-15-9-20(10-16-23)18-25(22-13-11-21(24)12-14-22)17-5-8-19-6-3-2-4-7-19/h2-4,6-7,9-10,15-16,21-22H,5,8,11-14,17-18,24H2,1H3. The van der Waals surface area contributed by atoms with Gasteiger partial charge in [0.2, 0.25) is 0 Å². The fourth-order valence-electron chi connectivity index (χ4n) is 3.95. The lowest BCUT2D eigenvalue weighted by Crippen LogP contribution is -2.41. The van der Waals surface area contributed by atoms with Crippen molar-refractivity contribution in [3.05, 3.63) is 65.7 Å². The number of nitrogens with zero attached hydrogens (tertiary/aromatic N) is 1. The Morgan fingerprint density at radius 1 is 0.923 bits per heavy atom. The van der Waals surface area contributed by atoms with Gasteiger partial charge in [-0.1, -0.05) is 42.5 Å². The Morgan fingerprint density at radius 2 is 1.62 bits per heavy atom. The molecule has 0 atom stereocenters. The van der Waals surface area contributed by atoms with Crippen LogP contribution in [0.15, 0.2) is 54.6 Å². The van der Waals surface area contributed by atoms with Gasteiger partial charge in [0.05, 0.1) is 7.11 Å². The molecule has 2 aromatic carbocycles. The number of rotatable bonds is 8. The van der Waals surface area contributed by atoms with Crippen LogP contribution in [0, 0.1) is 0 Å². The summed E-state index contributed by atoms with van der Waals surface area (Å²) >= 11 is 0. The van der Waals surface area contributed by atoms with Crippen LogP contribution in [-0.4, -0.2) is 30.6 Å². The SMILES string of the molecule is COc1ccc(CN(CCCc2ccccc2)C2CCC(N)CC2)cc1. The van der Waals surface area contributed by atoms with E-state index in [-0.39, 0.29) is 0 Å². The summed E-state index contributed by atoms with van der Waals surface area (Å²) in [6, 6.07) is 20.4. The summed E-state index contributed by atoms with van der Waals surface area (Å²) in [5.41, 5.74) is 8.92. The Morgan fingerprint density at radius 3 is 2.27 bits per heavy atom. The Labute approximate surface area is 158 Å². The van der Waals surface area contributed by atoms with Gasteiger partial charge in [-0.25, -0.2) is 0 Å². The molecule has 2 aromatic rings. The minimum absolute atomic E-state index is 0.401. The van der Waals surface area contributed by atoms with Crippen molar-refractivity contribution in [3.8, 4) is 5.75 Å². The monoisotopic (exact) mass is 352 g/mol. The van der Waals surface area contributed by atoms with Crippen LogP contribution in [0.5, 0.6) is 5.75 Å². The first kappa shape index (κ1) is 18.9. The normalized spacial score (nSPS) is 20.3. The first-order chi connectivity index (χ1) is 12.7. The maximum atomic E-state index is 6.13. The zero-order chi connectivity index (χ0) is 18.2. The lowest BCUT2D eigenvalue weighted by atomic mass is 9.90. The molecule has 1 aliphatic carbocycles. The summed E-state index contributed by atoms with van der Waals surface area (Å²) in [6.45, 7) is 2.15. The van der Waals surface area contributed by atoms with Gasteiger partial charge in [-0.15, -0.1) is 0 Å². The number of benzene rings is 2. The molecule has 0 heterocycles. The van der Waals surface area contributed by atoms with Gasteiger partial charge < -0.3 is 10.5 Å². The van der Waals surface area contributed by atoms with Crippen molar-refractivity contribution in [1.82, 2.24) is 4.90 Å². The Balaban J connectivity index is 1.60. The third-order valence-electron chi connectivity index (χ3n) is 5.56. The number of aryl methyl sites for hydroxylation is 1. The highest BCUT2D eigenvalue weighted by Crippen LogP contribution is 2.25. The fourth-order valence-corrected chi connectivity index (χ4v) is 3.95. The lowest BCUT2D eigenvalue weighted by Gasteiger charge is -2.36. The van der Waals surface area contributed by atoms with Crippen LogP contribution in [-0.2, 0) is 13.0 Å². The van der Waals surface area contributed by atoms with Gasteiger partial charge in [-0.05, 0) is 68.3 Å². The first-order valence-electron chi connectivity index (χ1n) is 9.91. The molecule has 0 amide bonds. The van der Waals surface area contributed by atoms with Gasteiger partial charge in [-0.2, -0.15) is 0 Å². The zero-order valence-electron chi connectivity index (χ0n) is 15.9. The molecule has 1 fully saturated rings. The molecule has 0 aromatic heterocycles. The zero-order valence-corrected chi connectivity index (χ0v) is 15.9. The largest absolute Gasteiger partial charge is 0.497 e. The van der Waals surface area contributed by atoms with Crippen molar-refractivity contribution in [1.29, 1.82) is 0 Å². The molecular weight excluding hydrogens is 320 g/mol. The molecule has 2 N–H and O–H groups in total. The van der Waals surface area contributed by atoms with Crippen molar-refractivity contribution >= 4 is 0 Å². The van der Waals surface area contributed by atoms with Crippen LogP contribution in [0.4, 0.5) is 0 Å². The van der Waals surface area contributed by atoms with Crippen molar-refractivity contribution < 1.29 is 4.74 Å². The van der Waals surface area contributed by atoms with Crippen LogP contribution in [0.3, 0.4) is 0 Å². The van der Waals surface area contributed by atoms with Gasteiger partial charge in [0.1, 0.15) is 5.75 Å². The number of hydrogen-bond acceptors (Lipinski definition) is 3. The number of hydrogen-bond donors (Lipinski definition) is 1. The molecule has 140 valence electrons. The summed E-state index contributed by atoms with van der Waals surface area (Å²) in [5.74, 6) is 0.924. The average Bonchev–Trinajstić information content (AvgIpc) is 2.69. The van der Waals surface area contributed by atoms with E-state index in [1.165, 1.54) is 30.4 Å². The van der Waals surface area contributed by atoms with E-state index >= 15 is 0 Å². The Hall–Kier alpha value is -1.84. The van der Waals surface area contributed by atoms with Gasteiger partial charge >= 0.3 is 0 Å². The highest BCUT2D eigenvalue weighted by Gasteiger charge is 2.24. The highest BCUT2D eigenvalue weighted by atomic mass is 16.5. The third kappa shape index (κ3) is 5.58. The fraction of sp³-hybridized carbons (Fsp3) is 0.478. The maximum absolute atomic E-state index is 6.13. The van der Waals surface area contributed by atoms with Gasteiger partial charge in [-0.3, -0.25) is 4.90 Å². The molecule has 0 aliphatic heterocycles. The summed E-state index contributed by atoms with van der Waals surface area (Å²) in [5, 5.41) is 0. The molecular formula is C23H32N2O. The molecule has 1 saturated carbocycles. The number of nitrogens with two attached hydrogens (primary N) is 1. The van der Waals surface area contributed by atoms with E-state index in [0.29, 0.717) is 12.1 Å². The quantitative estimate of drug-likeness (QED) is 0.765. The minimum atomic E-state index is 0.401. The van der Waals surface area contributed by atoms with Gasteiger partial charge in [0, 0.05) is 18.6 Å². The van der Waals surface area contributed by atoms with E-state index in [9.17, 15) is 0 Å². The van der Waals surface area contributed by atoms with Crippen molar-refractivity contribution in [2.75, 3.05) is 13.7 Å². The van der Waals surface area contributed by atoms with Crippen LogP contribution < -0.4 is 10.5 Å². The second-order valence-corrected chi connectivity index (χ2v) is 7.48. The van der Waals surface area contributed by atoms with E-state index in [4.69, 9.17) is 10.5 Å². The van der Waals surface area contributed by atoms with Crippen molar-refractivity contribution in [2.24, 2.45) is 5.73 Å². The van der Waals surface area contributed by atoms with Crippen LogP contribution in [0.1, 0.15) is 43.2 Å². The van der Waals surface area contributed by atoms with Crippen LogP contribution >= 0.6 is 0 Å². The smallest absolute Gasteiger partial charge is 0.118 e. The lowest BCUT2D eigenvalue weighted by molar-refractivity contribution is 0.140. The summed E-state index contributed by atoms with van der Waals surface area (Å²) in [6.07, 6.45) is 7.10. The molecule has 0 bridgehead atoms. The second kappa shape index (κ2) is 9.75. The van der Waals surface area contributed by atoms with E-state index < -0.39 is 0 Å². The van der Waals surface area contributed by atoms with Crippen LogP contribution in [0.2, 0.25) is 0 Å².